The Labute approximate surface area is 664 Å². The standard InChI is InChI=1S/C79H134N12O18S2/c1-18-45(11)64(73(103)83-39-61(94)89-65(46(12)19-2)74(104)87-59(36-43(7)8)72(102)91-66(49(15)92)75(105)90-63(44(9)10)67(97)76(106)107)88-60(93)38-82-68(98)48(14)84-71(101)58(35-42(5)6)86-70(100)57(27-28-62(95)96)85-69(99)56(80)40-111-110-34-33-81-77(108)109-51-29-31-78(16)50(37-51)23-24-52-54-26-25-53(47(13)22-20-21-41(3)4)79(54,17)32-30-55(52)78/h23,41-49,51-59,63-66,92H,18-22,24-40,80H2,1-17H3,(H,81,108)(H,82,98)(H,83,103)(H,84,101)(H,85,99)(H,86,100)(H,87,104)(H,88,93)(H,89,94)(H,90,105)(H,91,102)(H,95,96)(H,106,107)/t45-,46-,47+,48-,49+,51-,52-,53+,54-,55-,56-,57-,58-,59-,63-,64-,65-,66-,78-,79+/m0/s1. The van der Waals surface area contributed by atoms with Gasteiger partial charge in [-0.2, -0.15) is 0 Å². The van der Waals surface area contributed by atoms with Gasteiger partial charge < -0.3 is 84.3 Å². The lowest BCUT2D eigenvalue weighted by Crippen LogP contribution is -2.61. The number of carbonyl (C=O) groups excluding carboxylic acids is 12. The van der Waals surface area contributed by atoms with Crippen molar-refractivity contribution >= 4 is 104 Å². The highest BCUT2D eigenvalue weighted by Crippen LogP contribution is 2.67. The summed E-state index contributed by atoms with van der Waals surface area (Å²) in [7, 11) is 2.65. The van der Waals surface area contributed by atoms with Gasteiger partial charge in [-0.1, -0.05) is 169 Å². The number of aliphatic carboxylic acids is 2. The summed E-state index contributed by atoms with van der Waals surface area (Å²) in [6.07, 6.45) is 13.1. The van der Waals surface area contributed by atoms with Crippen LogP contribution in [0.2, 0.25) is 0 Å². The zero-order valence-corrected chi connectivity index (χ0v) is 70.3. The van der Waals surface area contributed by atoms with Crippen LogP contribution < -0.4 is 64.2 Å². The number of rotatable bonds is 47. The van der Waals surface area contributed by atoms with Gasteiger partial charge in [-0.25, -0.2) is 9.59 Å². The smallest absolute Gasteiger partial charge is 0.407 e. The number of nitrogens with two attached hydrogens (primary N) is 1. The van der Waals surface area contributed by atoms with Crippen LogP contribution in [0.25, 0.3) is 0 Å². The number of carbonyl (C=O) groups is 14. The monoisotopic (exact) mass is 1600 g/mol. The number of hydrogen-bond donors (Lipinski definition) is 15. The van der Waals surface area contributed by atoms with Gasteiger partial charge in [-0.15, -0.1) is 0 Å². The Bertz CT molecular complexity index is 3230. The maximum absolute atomic E-state index is 14.0. The van der Waals surface area contributed by atoms with E-state index in [2.05, 4.69) is 99.2 Å². The minimum Gasteiger partial charge on any atom is -0.481 e. The van der Waals surface area contributed by atoms with Crippen molar-refractivity contribution in [3.8, 4) is 0 Å². The van der Waals surface area contributed by atoms with Crippen molar-refractivity contribution < 1.29 is 87.2 Å². The predicted molar refractivity (Wildman–Crippen MR) is 425 cm³/mol. The molecule has 4 aliphatic carbocycles. The van der Waals surface area contributed by atoms with E-state index in [0.29, 0.717) is 42.4 Å². The molecule has 4 aliphatic rings. The number of aliphatic hydroxyl groups excluding tert-OH is 1. The van der Waals surface area contributed by atoms with E-state index in [0.717, 1.165) is 49.4 Å². The molecule has 0 heterocycles. The first-order chi connectivity index (χ1) is 52.0. The minimum absolute atomic E-state index is 0.0163. The highest BCUT2D eigenvalue weighted by molar-refractivity contribution is 8.76. The molecule has 11 amide bonds. The predicted octanol–water partition coefficient (Wildman–Crippen LogP) is 5.70. The molecule has 0 saturated heterocycles. The zero-order valence-electron chi connectivity index (χ0n) is 68.7. The third-order valence-electron chi connectivity index (χ3n) is 23.4. The number of fused-ring (bicyclic) bond motifs is 5. The Morgan fingerprint density at radius 1 is 0.559 bits per heavy atom. The van der Waals surface area contributed by atoms with E-state index in [9.17, 15) is 82.4 Å². The fraction of sp³-hybridized carbons (Fsp3) is 0.797. The van der Waals surface area contributed by atoms with Crippen LogP contribution in [0.15, 0.2) is 11.6 Å². The molecule has 630 valence electrons. The molecule has 0 radical (unpaired) electrons. The summed E-state index contributed by atoms with van der Waals surface area (Å²) in [5.74, 6) is -10.0. The molecule has 111 heavy (non-hydrogen) atoms. The second kappa shape index (κ2) is 45.7. The number of nitrogens with one attached hydrogen (secondary N) is 11. The Morgan fingerprint density at radius 2 is 1.10 bits per heavy atom. The molecule has 4 rings (SSSR count). The Kier molecular flexibility index (Phi) is 39.7. The molecule has 0 aromatic carbocycles. The lowest BCUT2D eigenvalue weighted by molar-refractivity contribution is -0.151. The lowest BCUT2D eigenvalue weighted by atomic mass is 9.47. The molecule has 0 bridgehead atoms. The fourth-order valence-electron chi connectivity index (χ4n) is 16.6. The van der Waals surface area contributed by atoms with E-state index < -0.39 is 181 Å². The van der Waals surface area contributed by atoms with E-state index in [1.165, 1.54) is 99.8 Å². The van der Waals surface area contributed by atoms with Gasteiger partial charge in [0.05, 0.1) is 25.2 Å². The third-order valence-corrected chi connectivity index (χ3v) is 25.8. The molecular weight excluding hydrogens is 1470 g/mol. The number of alkyl carbamates (subject to hydrolysis) is 1. The van der Waals surface area contributed by atoms with Crippen molar-refractivity contribution in [3.63, 3.8) is 0 Å². The Hall–Kier alpha value is -7.06. The second-order valence-electron chi connectivity index (χ2n) is 33.7. The highest BCUT2D eigenvalue weighted by atomic mass is 33.1. The van der Waals surface area contributed by atoms with Gasteiger partial charge in [-0.3, -0.25) is 57.5 Å². The van der Waals surface area contributed by atoms with E-state index in [1.807, 2.05) is 0 Å². The fourth-order valence-corrected chi connectivity index (χ4v) is 18.6. The Balaban J connectivity index is 1.24. The summed E-state index contributed by atoms with van der Waals surface area (Å²) in [5, 5.41) is 57.3. The van der Waals surface area contributed by atoms with Crippen molar-refractivity contribution in [2.24, 2.45) is 81.7 Å². The van der Waals surface area contributed by atoms with Gasteiger partial charge in [0.25, 0.3) is 5.78 Å². The third kappa shape index (κ3) is 29.4. The first-order valence-electron chi connectivity index (χ1n) is 40.3. The van der Waals surface area contributed by atoms with E-state index >= 15 is 0 Å². The van der Waals surface area contributed by atoms with Crippen LogP contribution in [0.1, 0.15) is 227 Å². The van der Waals surface area contributed by atoms with Gasteiger partial charge >= 0.3 is 18.0 Å². The summed E-state index contributed by atoms with van der Waals surface area (Å²) < 4.78 is 6.00. The number of hydrogen-bond acceptors (Lipinski definition) is 19. The quantitative estimate of drug-likeness (QED) is 0.0150. The summed E-state index contributed by atoms with van der Waals surface area (Å²) >= 11 is 0. The van der Waals surface area contributed by atoms with Crippen LogP contribution in [0.3, 0.4) is 0 Å². The molecule has 32 heteroatoms. The number of amides is 11. The Morgan fingerprint density at radius 3 is 1.65 bits per heavy atom. The van der Waals surface area contributed by atoms with Crippen LogP contribution in [0, 0.1) is 75.9 Å². The molecule has 20 atom stereocenters. The average molecular weight is 1600 g/mol. The normalized spacial score (nSPS) is 23.5. The maximum atomic E-state index is 14.0. The average Bonchev–Trinajstić information content (AvgIpc) is 1.65. The summed E-state index contributed by atoms with van der Waals surface area (Å²) in [6, 6.07) is -12.2. The van der Waals surface area contributed by atoms with E-state index in [-0.39, 0.29) is 48.4 Å². The van der Waals surface area contributed by atoms with Crippen molar-refractivity contribution in [2.75, 3.05) is 31.1 Å². The minimum atomic E-state index is -1.80. The number of aliphatic hydroxyl groups is 1. The largest absolute Gasteiger partial charge is 0.481 e. The molecule has 0 aromatic heterocycles. The van der Waals surface area contributed by atoms with Gasteiger partial charge in [-0.05, 0) is 154 Å². The summed E-state index contributed by atoms with van der Waals surface area (Å²) in [4.78, 5) is 185. The molecule has 0 unspecified atom stereocenters. The summed E-state index contributed by atoms with van der Waals surface area (Å²) in [5.41, 5.74) is 8.26. The molecule has 16 N–H and O–H groups in total. The van der Waals surface area contributed by atoms with Crippen molar-refractivity contribution in [1.29, 1.82) is 0 Å². The number of ether oxygens (including phenoxy) is 1. The van der Waals surface area contributed by atoms with Crippen molar-refractivity contribution in [2.45, 2.75) is 293 Å². The zero-order chi connectivity index (χ0) is 83.5. The highest BCUT2D eigenvalue weighted by Gasteiger charge is 2.59. The van der Waals surface area contributed by atoms with Gasteiger partial charge in [0, 0.05) is 30.9 Å². The lowest BCUT2D eigenvalue weighted by Gasteiger charge is -2.58. The van der Waals surface area contributed by atoms with Crippen LogP contribution in [-0.4, -0.2) is 196 Å². The van der Waals surface area contributed by atoms with Crippen LogP contribution in [-0.2, 0) is 67.1 Å². The van der Waals surface area contributed by atoms with Crippen molar-refractivity contribution in [3.05, 3.63) is 11.6 Å². The van der Waals surface area contributed by atoms with Gasteiger partial charge in [0.1, 0.15) is 54.4 Å². The van der Waals surface area contributed by atoms with E-state index in [4.69, 9.17) is 10.5 Å². The molecule has 0 aromatic rings. The number of carboxylic acids is 2. The molecule has 3 saturated carbocycles. The molecule has 0 aliphatic heterocycles. The molecule has 3 fully saturated rings. The first-order valence-corrected chi connectivity index (χ1v) is 42.8. The molecular formula is C79H134N12O18S2. The molecule has 30 nitrogen and oxygen atoms in total. The number of allylic oxidation sites excluding steroid dienone is 1. The van der Waals surface area contributed by atoms with Gasteiger partial charge in [0.15, 0.2) is 0 Å². The second-order valence-corrected chi connectivity index (χ2v) is 36.4. The van der Waals surface area contributed by atoms with E-state index in [1.54, 1.807) is 55.4 Å². The van der Waals surface area contributed by atoms with Crippen LogP contribution >= 0.6 is 21.6 Å². The topological polar surface area (TPSA) is 467 Å². The van der Waals surface area contributed by atoms with Crippen molar-refractivity contribution in [1.82, 2.24) is 58.5 Å². The maximum Gasteiger partial charge on any atom is 0.407 e. The molecule has 0 spiro atoms. The number of carboxylic acid groups (broad SMARTS) is 2. The van der Waals surface area contributed by atoms with Gasteiger partial charge in [0.2, 0.25) is 59.1 Å². The SMILES string of the molecule is CC[C@H](C)[C@H](NC(=O)CNC(=O)[C@H](C)NC(=O)[C@H](CC(C)C)NC(=O)[C@H](CCC(=O)O)NC(=O)[C@@H](N)CSSCCNC(=O)O[C@H]1CC[C@@]2(C)C(=CC[C@H]3[C@@H]4CC[C@H]([C@H](C)CCCC(C)C)[C@@]4(C)CC[C@@H]32)C1)C(=O)NCC(=O)N[C@H](C(=O)N[C@@H](CC(C)C)C(=O)N[C@H](C(=O)N[C@H](C(=O)C(=O)O)C(C)C)[C@@H](C)O)[C@@H](C)CC. The summed E-state index contributed by atoms with van der Waals surface area (Å²) in [6.45, 7) is 30.6. The number of ketones is 1. The van der Waals surface area contributed by atoms with Crippen LogP contribution in [0.5, 0.6) is 0 Å². The first kappa shape index (κ1) is 96.3. The van der Waals surface area contributed by atoms with Crippen LogP contribution in [0.4, 0.5) is 4.79 Å². The number of Topliss-reactive ketones (excluding diaryl/α,β-unsaturated/α-hetero) is 1.